The fraction of sp³-hybridized carbons (Fsp3) is 0.455. The number of aliphatic hydroxyl groups is 1. The minimum absolute atomic E-state index is 0.182. The summed E-state index contributed by atoms with van der Waals surface area (Å²) in [5.74, 6) is -0.582. The lowest BCUT2D eigenvalue weighted by atomic mass is 10.2. The number of likely N-dealkylation sites (tertiary alicyclic amines) is 1. The highest BCUT2D eigenvalue weighted by atomic mass is 16.6. The molecule has 8 nitrogen and oxygen atoms in total. The van der Waals surface area contributed by atoms with Crippen molar-refractivity contribution in [1.29, 1.82) is 0 Å². The molecule has 0 aromatic carbocycles. The van der Waals surface area contributed by atoms with Crippen LogP contribution in [-0.2, 0) is 0 Å². The van der Waals surface area contributed by atoms with E-state index < -0.39 is 16.4 Å². The van der Waals surface area contributed by atoms with E-state index in [0.29, 0.717) is 13.0 Å². The predicted molar refractivity (Wildman–Crippen MR) is 64.9 cm³/mol. The summed E-state index contributed by atoms with van der Waals surface area (Å²) in [6.45, 7) is 0.255. The lowest BCUT2D eigenvalue weighted by molar-refractivity contribution is -0.385. The number of carbonyl (C=O) groups excluding carboxylic acids is 1. The van der Waals surface area contributed by atoms with Gasteiger partial charge in [-0.25, -0.2) is 0 Å². The van der Waals surface area contributed by atoms with Gasteiger partial charge >= 0.3 is 0 Å². The van der Waals surface area contributed by atoms with Crippen molar-refractivity contribution in [3.05, 3.63) is 38.3 Å². The van der Waals surface area contributed by atoms with Crippen molar-refractivity contribution in [2.75, 3.05) is 13.2 Å². The van der Waals surface area contributed by atoms with E-state index in [9.17, 15) is 19.7 Å². The average Bonchev–Trinajstić information content (AvgIpc) is 2.86. The van der Waals surface area contributed by atoms with Crippen LogP contribution in [0.3, 0.4) is 0 Å². The maximum absolute atomic E-state index is 12.2. The summed E-state index contributed by atoms with van der Waals surface area (Å²) in [4.78, 5) is 37.3. The minimum Gasteiger partial charge on any atom is -0.394 e. The third-order valence-corrected chi connectivity index (χ3v) is 3.18. The largest absolute Gasteiger partial charge is 0.394 e. The fourth-order valence-corrected chi connectivity index (χ4v) is 2.18. The van der Waals surface area contributed by atoms with Gasteiger partial charge in [0.15, 0.2) is 0 Å². The number of aromatic amines is 1. The first-order chi connectivity index (χ1) is 9.04. The quantitative estimate of drug-likeness (QED) is 0.585. The van der Waals surface area contributed by atoms with Gasteiger partial charge in [-0.3, -0.25) is 19.7 Å². The van der Waals surface area contributed by atoms with Crippen LogP contribution in [0.2, 0.25) is 0 Å². The number of carbonyl (C=O) groups is 1. The fourth-order valence-electron chi connectivity index (χ4n) is 2.18. The number of aliphatic hydroxyl groups excluding tert-OH is 1. The van der Waals surface area contributed by atoms with Crippen LogP contribution in [0.5, 0.6) is 0 Å². The van der Waals surface area contributed by atoms with E-state index in [0.717, 1.165) is 18.7 Å². The number of hydrogen-bond acceptors (Lipinski definition) is 5. The van der Waals surface area contributed by atoms with Crippen LogP contribution in [0.15, 0.2) is 17.1 Å². The molecule has 0 spiro atoms. The van der Waals surface area contributed by atoms with Gasteiger partial charge in [0.25, 0.3) is 17.2 Å². The summed E-state index contributed by atoms with van der Waals surface area (Å²) in [6, 6.07) is 0.639. The van der Waals surface area contributed by atoms with Crippen LogP contribution in [-0.4, -0.2) is 45.0 Å². The highest BCUT2D eigenvalue weighted by Gasteiger charge is 2.30. The molecule has 102 valence electrons. The zero-order chi connectivity index (χ0) is 14.0. The number of pyridine rings is 1. The number of hydrogen-bond donors (Lipinski definition) is 2. The van der Waals surface area contributed by atoms with E-state index in [1.54, 1.807) is 0 Å². The van der Waals surface area contributed by atoms with Crippen molar-refractivity contribution in [1.82, 2.24) is 9.88 Å². The number of amides is 1. The zero-order valence-electron chi connectivity index (χ0n) is 10.0. The Balaban J connectivity index is 2.35. The molecule has 1 aliphatic heterocycles. The molecule has 1 fully saturated rings. The summed E-state index contributed by atoms with van der Waals surface area (Å²) >= 11 is 0. The topological polar surface area (TPSA) is 117 Å². The van der Waals surface area contributed by atoms with E-state index in [2.05, 4.69) is 4.98 Å². The third kappa shape index (κ3) is 2.48. The van der Waals surface area contributed by atoms with Crippen molar-refractivity contribution in [3.8, 4) is 0 Å². The van der Waals surface area contributed by atoms with Gasteiger partial charge in [-0.1, -0.05) is 0 Å². The van der Waals surface area contributed by atoms with E-state index in [1.807, 2.05) is 0 Å². The Morgan fingerprint density at radius 3 is 3.00 bits per heavy atom. The first-order valence-corrected chi connectivity index (χ1v) is 5.83. The van der Waals surface area contributed by atoms with E-state index in [4.69, 9.17) is 5.11 Å². The van der Waals surface area contributed by atoms with Crippen molar-refractivity contribution < 1.29 is 14.8 Å². The van der Waals surface area contributed by atoms with Gasteiger partial charge < -0.3 is 15.0 Å². The molecule has 0 aliphatic carbocycles. The number of rotatable bonds is 3. The molecular formula is C11H13N3O5. The molecule has 1 unspecified atom stereocenters. The molecule has 1 saturated heterocycles. The Bertz CT molecular complexity index is 568. The van der Waals surface area contributed by atoms with Gasteiger partial charge in [0, 0.05) is 12.6 Å². The van der Waals surface area contributed by atoms with E-state index in [1.165, 1.54) is 4.90 Å². The second-order valence-corrected chi connectivity index (χ2v) is 4.33. The minimum atomic E-state index is -0.680. The second kappa shape index (κ2) is 5.19. The molecule has 2 rings (SSSR count). The Kier molecular flexibility index (Phi) is 3.61. The predicted octanol–water partition coefficient (Wildman–Crippen LogP) is -0.120. The average molecular weight is 267 g/mol. The summed E-state index contributed by atoms with van der Waals surface area (Å²) in [5.41, 5.74) is -1.28. The lowest BCUT2D eigenvalue weighted by Crippen LogP contribution is -2.40. The maximum Gasteiger partial charge on any atom is 0.286 e. The molecule has 1 amide bonds. The van der Waals surface area contributed by atoms with Crippen LogP contribution in [0.25, 0.3) is 0 Å². The van der Waals surface area contributed by atoms with Crippen LogP contribution >= 0.6 is 0 Å². The summed E-state index contributed by atoms with van der Waals surface area (Å²) in [6.07, 6.45) is 2.35. The Morgan fingerprint density at radius 2 is 2.37 bits per heavy atom. The monoisotopic (exact) mass is 267 g/mol. The number of nitro groups is 1. The molecule has 8 heteroatoms. The molecule has 1 atom stereocenters. The number of aromatic nitrogens is 1. The summed E-state index contributed by atoms with van der Waals surface area (Å²) in [5, 5.41) is 19.8. The summed E-state index contributed by atoms with van der Waals surface area (Å²) < 4.78 is 0. The zero-order valence-corrected chi connectivity index (χ0v) is 10.0. The highest BCUT2D eigenvalue weighted by molar-refractivity contribution is 5.94. The molecule has 1 aromatic rings. The smallest absolute Gasteiger partial charge is 0.286 e. The van der Waals surface area contributed by atoms with Gasteiger partial charge in [-0.05, 0) is 12.8 Å². The van der Waals surface area contributed by atoms with Crippen molar-refractivity contribution >= 4 is 11.6 Å². The highest BCUT2D eigenvalue weighted by Crippen LogP contribution is 2.19. The molecule has 1 aliphatic rings. The molecule has 1 aromatic heterocycles. The SMILES string of the molecule is O=C(c1cc([N+](=O)[O-])c[nH]c1=O)N1CCCC1CO. The molecule has 2 N–H and O–H groups in total. The first kappa shape index (κ1) is 13.2. The molecule has 0 radical (unpaired) electrons. The van der Waals surface area contributed by atoms with Crippen LogP contribution < -0.4 is 5.56 Å². The lowest BCUT2D eigenvalue weighted by Gasteiger charge is -2.22. The van der Waals surface area contributed by atoms with Crippen molar-refractivity contribution in [2.45, 2.75) is 18.9 Å². The van der Waals surface area contributed by atoms with Crippen molar-refractivity contribution in [2.24, 2.45) is 0 Å². The number of nitrogens with zero attached hydrogens (tertiary/aromatic N) is 2. The molecule has 0 bridgehead atoms. The van der Waals surface area contributed by atoms with Crippen LogP contribution in [0.1, 0.15) is 23.2 Å². The third-order valence-electron chi connectivity index (χ3n) is 3.18. The molecule has 2 heterocycles. The van der Waals surface area contributed by atoms with Gasteiger partial charge in [-0.2, -0.15) is 0 Å². The van der Waals surface area contributed by atoms with Gasteiger partial charge in [0.1, 0.15) is 5.56 Å². The van der Waals surface area contributed by atoms with Crippen LogP contribution in [0, 0.1) is 10.1 Å². The first-order valence-electron chi connectivity index (χ1n) is 5.83. The Hall–Kier alpha value is -2.22. The summed E-state index contributed by atoms with van der Waals surface area (Å²) in [7, 11) is 0. The van der Waals surface area contributed by atoms with Crippen molar-refractivity contribution in [3.63, 3.8) is 0 Å². The van der Waals surface area contributed by atoms with E-state index in [-0.39, 0.29) is 23.9 Å². The Labute approximate surface area is 107 Å². The van der Waals surface area contributed by atoms with Gasteiger partial charge in [0.05, 0.1) is 23.8 Å². The Morgan fingerprint density at radius 1 is 1.63 bits per heavy atom. The molecule has 19 heavy (non-hydrogen) atoms. The standard InChI is InChI=1S/C11H13N3O5/c15-6-7-2-1-3-13(7)11(17)9-4-8(14(18)19)5-12-10(9)16/h4-5,7,15H,1-3,6H2,(H,12,16). The van der Waals surface area contributed by atoms with E-state index >= 15 is 0 Å². The molecular weight excluding hydrogens is 254 g/mol. The second-order valence-electron chi connectivity index (χ2n) is 4.33. The molecule has 0 saturated carbocycles. The van der Waals surface area contributed by atoms with Crippen LogP contribution in [0.4, 0.5) is 5.69 Å². The number of H-pyrrole nitrogens is 1. The normalized spacial score (nSPS) is 18.6. The number of nitrogens with one attached hydrogen (secondary N) is 1. The van der Waals surface area contributed by atoms with Gasteiger partial charge in [-0.15, -0.1) is 0 Å². The van der Waals surface area contributed by atoms with Gasteiger partial charge in [0.2, 0.25) is 0 Å². The maximum atomic E-state index is 12.2.